The molecule has 2 amide bonds. The Balaban J connectivity index is 1.46. The maximum absolute atomic E-state index is 13.3. The van der Waals surface area contributed by atoms with Crippen molar-refractivity contribution in [2.45, 2.75) is 6.42 Å². The molecule has 2 aromatic carbocycles. The van der Waals surface area contributed by atoms with Crippen LogP contribution in [0.4, 0.5) is 11.4 Å². The van der Waals surface area contributed by atoms with E-state index in [2.05, 4.69) is 16.3 Å². The molecule has 6 nitrogen and oxygen atoms in total. The minimum Gasteiger partial charge on any atom is -0.370 e. The van der Waals surface area contributed by atoms with Crippen LogP contribution < -0.4 is 10.2 Å². The molecule has 7 heteroatoms. The highest BCUT2D eigenvalue weighted by Crippen LogP contribution is 2.22. The molecule has 0 aliphatic carbocycles. The lowest BCUT2D eigenvalue weighted by molar-refractivity contribution is 0.0768. The molecule has 0 spiro atoms. The highest BCUT2D eigenvalue weighted by Gasteiger charge is 2.23. The molecule has 31 heavy (non-hydrogen) atoms. The largest absolute Gasteiger partial charge is 0.370 e. The summed E-state index contributed by atoms with van der Waals surface area (Å²) in [7, 11) is 0. The number of para-hydroxylation sites is 1. The van der Waals surface area contributed by atoms with Crippen LogP contribution in [-0.2, 0) is 0 Å². The molecule has 156 valence electrons. The number of nitrogens with zero attached hydrogens (tertiary/aromatic N) is 3. The molecule has 4 rings (SSSR count). The highest BCUT2D eigenvalue weighted by molar-refractivity contribution is 7.12. The van der Waals surface area contributed by atoms with Crippen molar-refractivity contribution in [1.82, 2.24) is 4.90 Å². The Labute approximate surface area is 185 Å². The maximum Gasteiger partial charge on any atom is 0.265 e. The number of carbonyl (C=O) groups excluding carboxylic acids is 2. The summed E-state index contributed by atoms with van der Waals surface area (Å²) in [6.07, 6.45) is 0.843. The first-order valence-electron chi connectivity index (χ1n) is 10.1. The van der Waals surface area contributed by atoms with E-state index in [4.69, 9.17) is 5.26 Å². The van der Waals surface area contributed by atoms with Crippen LogP contribution in [0.2, 0.25) is 0 Å². The second-order valence-corrected chi connectivity index (χ2v) is 8.22. The summed E-state index contributed by atoms with van der Waals surface area (Å²) in [4.78, 5) is 30.5. The van der Waals surface area contributed by atoms with Crippen LogP contribution in [0.1, 0.15) is 32.0 Å². The summed E-state index contributed by atoms with van der Waals surface area (Å²) in [5.74, 6) is -0.290. The summed E-state index contributed by atoms with van der Waals surface area (Å²) in [5, 5.41) is 13.7. The number of amides is 2. The number of thiophene rings is 1. The fourth-order valence-electron chi connectivity index (χ4n) is 3.67. The van der Waals surface area contributed by atoms with E-state index in [9.17, 15) is 9.59 Å². The zero-order chi connectivity index (χ0) is 21.6. The van der Waals surface area contributed by atoms with Crippen LogP contribution in [-0.4, -0.2) is 42.9 Å². The van der Waals surface area contributed by atoms with Gasteiger partial charge in [0.1, 0.15) is 0 Å². The Hall–Kier alpha value is -3.63. The van der Waals surface area contributed by atoms with Gasteiger partial charge in [-0.25, -0.2) is 0 Å². The van der Waals surface area contributed by atoms with Crippen molar-refractivity contribution in [3.8, 4) is 6.07 Å². The number of carbonyl (C=O) groups is 2. The normalized spacial score (nSPS) is 13.9. The van der Waals surface area contributed by atoms with Crippen molar-refractivity contribution in [2.24, 2.45) is 0 Å². The van der Waals surface area contributed by atoms with E-state index in [0.29, 0.717) is 41.3 Å². The first-order valence-corrected chi connectivity index (χ1v) is 11.0. The Kier molecular flexibility index (Phi) is 6.29. The Morgan fingerprint density at radius 2 is 1.74 bits per heavy atom. The molecular weight excluding hydrogens is 408 g/mol. The molecule has 1 aliphatic heterocycles. The number of hydrogen-bond acceptors (Lipinski definition) is 5. The Morgan fingerprint density at radius 3 is 2.48 bits per heavy atom. The summed E-state index contributed by atoms with van der Waals surface area (Å²) in [5.41, 5.74) is 2.71. The van der Waals surface area contributed by atoms with Gasteiger partial charge in [-0.15, -0.1) is 11.3 Å². The predicted molar refractivity (Wildman–Crippen MR) is 123 cm³/mol. The lowest BCUT2D eigenvalue weighted by Crippen LogP contribution is -2.35. The molecule has 3 aromatic rings. The van der Waals surface area contributed by atoms with E-state index in [1.807, 2.05) is 52.7 Å². The fraction of sp³-hybridized carbons (Fsp3) is 0.208. The van der Waals surface area contributed by atoms with Gasteiger partial charge in [0.2, 0.25) is 0 Å². The zero-order valence-electron chi connectivity index (χ0n) is 17.0. The summed E-state index contributed by atoms with van der Waals surface area (Å²) >= 11 is 1.37. The van der Waals surface area contributed by atoms with E-state index in [0.717, 1.165) is 18.7 Å². The third-order valence-corrected chi connectivity index (χ3v) is 6.16. The molecule has 1 aliphatic rings. The number of nitrogens with one attached hydrogen (secondary N) is 1. The van der Waals surface area contributed by atoms with Gasteiger partial charge in [0.05, 0.1) is 27.8 Å². The summed E-state index contributed by atoms with van der Waals surface area (Å²) in [6.45, 7) is 2.79. The van der Waals surface area contributed by atoms with Crippen LogP contribution in [0.15, 0.2) is 66.0 Å². The topological polar surface area (TPSA) is 76.4 Å². The number of nitriles is 1. The molecule has 1 saturated heterocycles. The van der Waals surface area contributed by atoms with E-state index >= 15 is 0 Å². The van der Waals surface area contributed by atoms with Gasteiger partial charge in [0.25, 0.3) is 11.8 Å². The highest BCUT2D eigenvalue weighted by atomic mass is 32.1. The smallest absolute Gasteiger partial charge is 0.265 e. The SMILES string of the molecule is N#Cc1ccc(N2CCCN(C(=O)c3ccccc3NC(=O)c3cccs3)CC2)cc1. The third kappa shape index (κ3) is 4.76. The number of anilines is 2. The zero-order valence-corrected chi connectivity index (χ0v) is 17.8. The Morgan fingerprint density at radius 1 is 0.935 bits per heavy atom. The number of benzene rings is 2. The molecule has 0 radical (unpaired) electrons. The average molecular weight is 431 g/mol. The fourth-order valence-corrected chi connectivity index (χ4v) is 4.29. The number of hydrogen-bond donors (Lipinski definition) is 1. The average Bonchev–Trinajstić information content (AvgIpc) is 3.24. The third-order valence-electron chi connectivity index (χ3n) is 5.30. The first kappa shape index (κ1) is 20.6. The number of rotatable bonds is 4. The minimum absolute atomic E-state index is 0.0799. The van der Waals surface area contributed by atoms with E-state index in [-0.39, 0.29) is 11.8 Å². The van der Waals surface area contributed by atoms with Crippen LogP contribution in [0.3, 0.4) is 0 Å². The van der Waals surface area contributed by atoms with Gasteiger partial charge in [-0.05, 0) is 54.3 Å². The van der Waals surface area contributed by atoms with Crippen molar-refractivity contribution in [3.05, 3.63) is 82.0 Å². The molecule has 0 unspecified atom stereocenters. The van der Waals surface area contributed by atoms with Crippen LogP contribution in [0.25, 0.3) is 0 Å². The molecular formula is C24H22N4O2S. The molecule has 2 heterocycles. The van der Waals surface area contributed by atoms with Gasteiger partial charge in [-0.3, -0.25) is 9.59 Å². The lowest BCUT2D eigenvalue weighted by Gasteiger charge is -2.24. The van der Waals surface area contributed by atoms with Crippen LogP contribution >= 0.6 is 11.3 Å². The maximum atomic E-state index is 13.3. The molecule has 1 fully saturated rings. The summed E-state index contributed by atoms with van der Waals surface area (Å²) < 4.78 is 0. The standard InChI is InChI=1S/C24H22N4O2S/c25-17-18-8-10-19(11-9-18)27-12-4-13-28(15-14-27)24(30)20-5-1-2-6-21(20)26-23(29)22-7-3-16-31-22/h1-3,5-11,16H,4,12-15H2,(H,26,29). The van der Waals surface area contributed by atoms with Gasteiger partial charge >= 0.3 is 0 Å². The first-order chi connectivity index (χ1) is 15.2. The van der Waals surface area contributed by atoms with Crippen molar-refractivity contribution in [3.63, 3.8) is 0 Å². The lowest BCUT2D eigenvalue weighted by atomic mass is 10.1. The van der Waals surface area contributed by atoms with Crippen molar-refractivity contribution in [1.29, 1.82) is 5.26 Å². The monoisotopic (exact) mass is 430 g/mol. The van der Waals surface area contributed by atoms with Crippen LogP contribution in [0.5, 0.6) is 0 Å². The van der Waals surface area contributed by atoms with Crippen LogP contribution in [0, 0.1) is 11.3 Å². The molecule has 1 N–H and O–H groups in total. The quantitative estimate of drug-likeness (QED) is 0.672. The second-order valence-electron chi connectivity index (χ2n) is 7.27. The Bertz CT molecular complexity index is 1100. The minimum atomic E-state index is -0.210. The van der Waals surface area contributed by atoms with Crippen molar-refractivity contribution >= 4 is 34.5 Å². The molecule has 0 atom stereocenters. The molecule has 0 saturated carbocycles. The van der Waals surface area contributed by atoms with Gasteiger partial charge in [0, 0.05) is 31.9 Å². The van der Waals surface area contributed by atoms with E-state index in [1.54, 1.807) is 18.2 Å². The van der Waals surface area contributed by atoms with Gasteiger partial charge in [0.15, 0.2) is 0 Å². The van der Waals surface area contributed by atoms with Crippen molar-refractivity contribution < 1.29 is 9.59 Å². The van der Waals surface area contributed by atoms with Gasteiger partial charge < -0.3 is 15.1 Å². The predicted octanol–water partition coefficient (Wildman–Crippen LogP) is 4.22. The molecule has 1 aromatic heterocycles. The molecule has 0 bridgehead atoms. The van der Waals surface area contributed by atoms with Gasteiger partial charge in [-0.2, -0.15) is 5.26 Å². The van der Waals surface area contributed by atoms with E-state index in [1.165, 1.54) is 11.3 Å². The van der Waals surface area contributed by atoms with Gasteiger partial charge in [-0.1, -0.05) is 18.2 Å². The summed E-state index contributed by atoms with van der Waals surface area (Å²) in [6, 6.07) is 20.4. The van der Waals surface area contributed by atoms with E-state index < -0.39 is 0 Å². The second kappa shape index (κ2) is 9.45. The van der Waals surface area contributed by atoms with Crippen molar-refractivity contribution in [2.75, 3.05) is 36.4 Å².